The summed E-state index contributed by atoms with van der Waals surface area (Å²) in [6.07, 6.45) is 1.54. The van der Waals surface area contributed by atoms with Crippen molar-refractivity contribution in [3.8, 4) is 0 Å². The lowest BCUT2D eigenvalue weighted by Crippen LogP contribution is -2.55. The van der Waals surface area contributed by atoms with Gasteiger partial charge in [-0.15, -0.1) is 0 Å². The van der Waals surface area contributed by atoms with Gasteiger partial charge in [-0.25, -0.2) is 4.98 Å². The van der Waals surface area contributed by atoms with Crippen molar-refractivity contribution in [1.82, 2.24) is 19.6 Å². The summed E-state index contributed by atoms with van der Waals surface area (Å²) in [6, 6.07) is 2.02. The van der Waals surface area contributed by atoms with Crippen molar-refractivity contribution in [3.05, 3.63) is 18.1 Å². The van der Waals surface area contributed by atoms with E-state index in [1.54, 1.807) is 4.52 Å². The van der Waals surface area contributed by atoms with Gasteiger partial charge in [0.1, 0.15) is 12.1 Å². The number of ether oxygens (including phenoxy) is 1. The standard InChI is InChI=1S/C13H20N6O/c1-9-4-11(19-12(17-9)15-8-16-19)18-6-10(5-14)20-13(2,3)7-18/h4,8,10H,5-7,14H2,1-3H3. The molecule has 0 spiro atoms. The maximum Gasteiger partial charge on any atom is 0.254 e. The smallest absolute Gasteiger partial charge is 0.254 e. The summed E-state index contributed by atoms with van der Waals surface area (Å²) in [5, 5.41) is 4.26. The van der Waals surface area contributed by atoms with E-state index < -0.39 is 0 Å². The van der Waals surface area contributed by atoms with E-state index >= 15 is 0 Å². The molecule has 1 aliphatic rings. The van der Waals surface area contributed by atoms with Crippen molar-refractivity contribution in [2.75, 3.05) is 24.5 Å². The minimum absolute atomic E-state index is 0.0193. The average Bonchev–Trinajstić information content (AvgIpc) is 2.83. The lowest BCUT2D eigenvalue weighted by atomic mass is 10.1. The lowest BCUT2D eigenvalue weighted by Gasteiger charge is -2.43. The van der Waals surface area contributed by atoms with Gasteiger partial charge in [-0.3, -0.25) is 0 Å². The molecule has 7 heteroatoms. The molecule has 1 atom stereocenters. The third-order valence-corrected chi connectivity index (χ3v) is 3.43. The molecule has 0 aromatic carbocycles. The Morgan fingerprint density at radius 3 is 3.05 bits per heavy atom. The number of fused-ring (bicyclic) bond motifs is 1. The van der Waals surface area contributed by atoms with Gasteiger partial charge in [-0.2, -0.15) is 14.6 Å². The first kappa shape index (κ1) is 13.3. The number of morpholine rings is 1. The van der Waals surface area contributed by atoms with Crippen LogP contribution in [0.2, 0.25) is 0 Å². The molecule has 0 radical (unpaired) electrons. The normalized spacial score (nSPS) is 22.4. The van der Waals surface area contributed by atoms with Crippen molar-refractivity contribution in [3.63, 3.8) is 0 Å². The van der Waals surface area contributed by atoms with E-state index in [4.69, 9.17) is 10.5 Å². The Hall–Kier alpha value is -1.73. The molecule has 3 heterocycles. The Labute approximate surface area is 117 Å². The molecule has 0 aliphatic carbocycles. The number of aromatic nitrogens is 4. The van der Waals surface area contributed by atoms with Crippen LogP contribution in [-0.2, 0) is 4.74 Å². The summed E-state index contributed by atoms with van der Waals surface area (Å²) in [4.78, 5) is 10.8. The van der Waals surface area contributed by atoms with Crippen LogP contribution in [0.3, 0.4) is 0 Å². The molecule has 0 saturated carbocycles. The van der Waals surface area contributed by atoms with Crippen LogP contribution in [0.5, 0.6) is 0 Å². The number of anilines is 1. The molecule has 2 N–H and O–H groups in total. The van der Waals surface area contributed by atoms with Gasteiger partial charge in [0.15, 0.2) is 0 Å². The summed E-state index contributed by atoms with van der Waals surface area (Å²) in [5.74, 6) is 1.61. The van der Waals surface area contributed by atoms with Gasteiger partial charge in [0.05, 0.1) is 11.7 Å². The van der Waals surface area contributed by atoms with E-state index in [0.29, 0.717) is 12.3 Å². The molecule has 2 aromatic rings. The molecule has 7 nitrogen and oxygen atoms in total. The van der Waals surface area contributed by atoms with Crippen LogP contribution < -0.4 is 10.6 Å². The van der Waals surface area contributed by atoms with E-state index in [0.717, 1.165) is 24.6 Å². The number of aryl methyl sites for hydroxylation is 1. The van der Waals surface area contributed by atoms with Crippen LogP contribution in [0.4, 0.5) is 5.82 Å². The first-order chi connectivity index (χ1) is 9.48. The van der Waals surface area contributed by atoms with Crippen molar-refractivity contribution in [1.29, 1.82) is 0 Å². The number of hydrogen-bond acceptors (Lipinski definition) is 6. The van der Waals surface area contributed by atoms with E-state index in [9.17, 15) is 0 Å². The van der Waals surface area contributed by atoms with Gasteiger partial charge < -0.3 is 15.4 Å². The molecule has 2 aromatic heterocycles. The quantitative estimate of drug-likeness (QED) is 0.853. The highest BCUT2D eigenvalue weighted by Crippen LogP contribution is 2.26. The van der Waals surface area contributed by atoms with E-state index in [1.165, 1.54) is 6.33 Å². The fourth-order valence-electron chi connectivity index (χ4n) is 2.73. The van der Waals surface area contributed by atoms with Crippen LogP contribution in [0.25, 0.3) is 5.78 Å². The average molecular weight is 276 g/mol. The molecule has 0 amide bonds. The van der Waals surface area contributed by atoms with Crippen molar-refractivity contribution < 1.29 is 4.74 Å². The summed E-state index contributed by atoms with van der Waals surface area (Å²) in [6.45, 7) is 8.15. The second-order valence-electron chi connectivity index (χ2n) is 5.84. The van der Waals surface area contributed by atoms with Crippen molar-refractivity contribution in [2.24, 2.45) is 5.73 Å². The van der Waals surface area contributed by atoms with Crippen molar-refractivity contribution in [2.45, 2.75) is 32.5 Å². The predicted molar refractivity (Wildman–Crippen MR) is 75.7 cm³/mol. The SMILES string of the molecule is Cc1cc(N2CC(CN)OC(C)(C)C2)n2ncnc2n1. The van der Waals surface area contributed by atoms with Gasteiger partial charge in [0.25, 0.3) is 5.78 Å². The first-order valence-electron chi connectivity index (χ1n) is 6.79. The zero-order valence-corrected chi connectivity index (χ0v) is 12.1. The number of nitrogens with zero attached hydrogens (tertiary/aromatic N) is 5. The molecule has 0 bridgehead atoms. The largest absolute Gasteiger partial charge is 0.367 e. The maximum atomic E-state index is 5.97. The lowest BCUT2D eigenvalue weighted by molar-refractivity contribution is -0.0791. The predicted octanol–water partition coefficient (Wildman–Crippen LogP) is 0.375. The summed E-state index contributed by atoms with van der Waals surface area (Å²) in [5.41, 5.74) is 6.47. The molecular formula is C13H20N6O. The molecule has 20 heavy (non-hydrogen) atoms. The van der Waals surface area contributed by atoms with Crippen LogP contribution in [0.15, 0.2) is 12.4 Å². The van der Waals surface area contributed by atoms with E-state index in [2.05, 4.69) is 33.8 Å². The highest BCUT2D eigenvalue weighted by molar-refractivity contribution is 5.48. The number of nitrogens with two attached hydrogens (primary N) is 1. The third-order valence-electron chi connectivity index (χ3n) is 3.43. The molecule has 1 saturated heterocycles. The Morgan fingerprint density at radius 1 is 1.50 bits per heavy atom. The van der Waals surface area contributed by atoms with Crippen LogP contribution >= 0.6 is 0 Å². The fraction of sp³-hybridized carbons (Fsp3) is 0.615. The fourth-order valence-corrected chi connectivity index (χ4v) is 2.73. The summed E-state index contributed by atoms with van der Waals surface area (Å²) in [7, 11) is 0. The van der Waals surface area contributed by atoms with E-state index in [-0.39, 0.29) is 11.7 Å². The van der Waals surface area contributed by atoms with Crippen LogP contribution in [-0.4, -0.2) is 50.9 Å². The van der Waals surface area contributed by atoms with Gasteiger partial charge in [-0.05, 0) is 20.8 Å². The molecule has 1 aliphatic heterocycles. The van der Waals surface area contributed by atoms with Gasteiger partial charge in [-0.1, -0.05) is 0 Å². The second kappa shape index (κ2) is 4.68. The van der Waals surface area contributed by atoms with Crippen LogP contribution in [0.1, 0.15) is 19.5 Å². The summed E-state index contributed by atoms with van der Waals surface area (Å²) < 4.78 is 7.74. The zero-order chi connectivity index (χ0) is 14.3. The molecule has 3 rings (SSSR count). The third kappa shape index (κ3) is 2.34. The zero-order valence-electron chi connectivity index (χ0n) is 12.1. The van der Waals surface area contributed by atoms with Crippen LogP contribution in [0, 0.1) is 6.92 Å². The Morgan fingerprint density at radius 2 is 2.30 bits per heavy atom. The summed E-state index contributed by atoms with van der Waals surface area (Å²) >= 11 is 0. The van der Waals surface area contributed by atoms with E-state index in [1.807, 2.05) is 13.0 Å². The minimum atomic E-state index is -0.244. The molecular weight excluding hydrogens is 256 g/mol. The molecule has 108 valence electrons. The number of hydrogen-bond donors (Lipinski definition) is 1. The minimum Gasteiger partial charge on any atom is -0.367 e. The molecule has 1 unspecified atom stereocenters. The first-order valence-corrected chi connectivity index (χ1v) is 6.79. The topological polar surface area (TPSA) is 81.6 Å². The van der Waals surface area contributed by atoms with Gasteiger partial charge in [0.2, 0.25) is 0 Å². The Bertz CT molecular complexity index is 622. The number of rotatable bonds is 2. The Kier molecular flexibility index (Phi) is 3.10. The highest BCUT2D eigenvalue weighted by atomic mass is 16.5. The van der Waals surface area contributed by atoms with Gasteiger partial charge in [0, 0.05) is 31.4 Å². The Balaban J connectivity index is 2.03. The molecule has 1 fully saturated rings. The second-order valence-corrected chi connectivity index (χ2v) is 5.84. The van der Waals surface area contributed by atoms with Crippen molar-refractivity contribution >= 4 is 11.6 Å². The highest BCUT2D eigenvalue weighted by Gasteiger charge is 2.34. The monoisotopic (exact) mass is 276 g/mol. The van der Waals surface area contributed by atoms with Gasteiger partial charge >= 0.3 is 0 Å². The maximum absolute atomic E-state index is 5.97.